The van der Waals surface area contributed by atoms with Crippen LogP contribution in [0.3, 0.4) is 0 Å². The summed E-state index contributed by atoms with van der Waals surface area (Å²) in [6, 6.07) is 7.16. The molecule has 19 heavy (non-hydrogen) atoms. The number of methoxy groups -OCH3 is 2. The number of hydrogen-bond donors (Lipinski definition) is 0. The highest BCUT2D eigenvalue weighted by Gasteiger charge is 2.12. The number of nitrogens with zero attached hydrogens (tertiary/aromatic N) is 2. The maximum Gasteiger partial charge on any atom is 0.187 e. The number of hydrogen-bond acceptors (Lipinski definition) is 4. The molecule has 5 nitrogen and oxygen atoms in total. The minimum absolute atomic E-state index is 0.0205. The van der Waals surface area contributed by atoms with E-state index in [1.807, 2.05) is 6.07 Å². The van der Waals surface area contributed by atoms with E-state index < -0.39 is 0 Å². The third-order valence-electron chi connectivity index (χ3n) is 2.81. The van der Waals surface area contributed by atoms with Gasteiger partial charge in [-0.25, -0.2) is 0 Å². The molecule has 2 aromatic rings. The average Bonchev–Trinajstić information content (AvgIpc) is 2.85. The summed E-state index contributed by atoms with van der Waals surface area (Å²) < 4.78 is 12.0. The number of carbonyl (C=O) groups is 1. The molecule has 0 fully saturated rings. The van der Waals surface area contributed by atoms with Crippen molar-refractivity contribution in [2.45, 2.75) is 6.42 Å². The number of carbonyl (C=O) groups excluding carboxylic acids is 1. The van der Waals surface area contributed by atoms with Crippen LogP contribution in [0.5, 0.6) is 11.5 Å². The first-order chi connectivity index (χ1) is 9.13. The van der Waals surface area contributed by atoms with Crippen LogP contribution in [0.2, 0.25) is 0 Å². The smallest absolute Gasteiger partial charge is 0.187 e. The fraction of sp³-hybridized carbons (Fsp3) is 0.286. The van der Waals surface area contributed by atoms with Crippen molar-refractivity contribution in [3.8, 4) is 11.5 Å². The van der Waals surface area contributed by atoms with Crippen LogP contribution >= 0.6 is 0 Å². The lowest BCUT2D eigenvalue weighted by Crippen LogP contribution is -2.05. The number of ketones is 1. The Bertz CT molecular complexity index is 590. The molecule has 0 spiro atoms. The zero-order chi connectivity index (χ0) is 13.8. The zero-order valence-electron chi connectivity index (χ0n) is 11.2. The fourth-order valence-corrected chi connectivity index (χ4v) is 1.83. The molecule has 0 aliphatic rings. The molecule has 1 aromatic heterocycles. The Labute approximate surface area is 111 Å². The number of rotatable bonds is 5. The molecule has 5 heteroatoms. The zero-order valence-corrected chi connectivity index (χ0v) is 11.2. The van der Waals surface area contributed by atoms with Crippen LogP contribution in [0.1, 0.15) is 16.1 Å². The van der Waals surface area contributed by atoms with Gasteiger partial charge in [0, 0.05) is 19.7 Å². The molecule has 0 amide bonds. The monoisotopic (exact) mass is 260 g/mol. The molecule has 0 N–H and O–H groups in total. The first-order valence-corrected chi connectivity index (χ1v) is 5.88. The van der Waals surface area contributed by atoms with Crippen molar-refractivity contribution in [1.82, 2.24) is 9.78 Å². The van der Waals surface area contributed by atoms with Gasteiger partial charge < -0.3 is 9.47 Å². The lowest BCUT2D eigenvalue weighted by Gasteiger charge is -2.08. The molecule has 0 saturated carbocycles. The molecule has 0 aliphatic carbocycles. The van der Waals surface area contributed by atoms with Crippen LogP contribution in [-0.4, -0.2) is 29.8 Å². The van der Waals surface area contributed by atoms with Gasteiger partial charge in [-0.2, -0.15) is 5.10 Å². The van der Waals surface area contributed by atoms with Gasteiger partial charge in [-0.15, -0.1) is 0 Å². The summed E-state index contributed by atoms with van der Waals surface area (Å²) in [4.78, 5) is 12.0. The summed E-state index contributed by atoms with van der Waals surface area (Å²) in [5.74, 6) is 1.25. The molecule has 2 rings (SSSR count). The number of aryl methyl sites for hydroxylation is 1. The van der Waals surface area contributed by atoms with E-state index in [0.29, 0.717) is 17.2 Å². The molecule has 1 aromatic carbocycles. The van der Waals surface area contributed by atoms with Gasteiger partial charge in [-0.3, -0.25) is 9.48 Å². The standard InChI is InChI=1S/C14H16N2O3/c1-16-7-6-11(15-16)12(17)8-10-4-5-13(18-2)14(9-10)19-3/h4-7,9H,8H2,1-3H3. The van der Waals surface area contributed by atoms with Crippen molar-refractivity contribution in [1.29, 1.82) is 0 Å². The number of ether oxygens (including phenoxy) is 2. The maximum atomic E-state index is 12.0. The second-order valence-electron chi connectivity index (χ2n) is 4.16. The van der Waals surface area contributed by atoms with E-state index in [-0.39, 0.29) is 12.2 Å². The Morgan fingerprint density at radius 2 is 1.95 bits per heavy atom. The minimum Gasteiger partial charge on any atom is -0.493 e. The van der Waals surface area contributed by atoms with Gasteiger partial charge in [0.15, 0.2) is 17.3 Å². The highest BCUT2D eigenvalue weighted by molar-refractivity contribution is 5.95. The largest absolute Gasteiger partial charge is 0.493 e. The average molecular weight is 260 g/mol. The molecule has 0 saturated heterocycles. The van der Waals surface area contributed by atoms with E-state index in [0.717, 1.165) is 5.56 Å². The van der Waals surface area contributed by atoms with Gasteiger partial charge in [-0.1, -0.05) is 6.07 Å². The van der Waals surface area contributed by atoms with E-state index in [2.05, 4.69) is 5.10 Å². The summed E-state index contributed by atoms with van der Waals surface area (Å²) in [6.07, 6.45) is 2.04. The normalized spacial score (nSPS) is 10.3. The van der Waals surface area contributed by atoms with Gasteiger partial charge in [0.1, 0.15) is 5.69 Å². The van der Waals surface area contributed by atoms with Crippen LogP contribution in [0.4, 0.5) is 0 Å². The predicted molar refractivity (Wildman–Crippen MR) is 70.8 cm³/mol. The predicted octanol–water partition coefficient (Wildman–Crippen LogP) is 1.86. The summed E-state index contributed by atoms with van der Waals surface area (Å²) in [5.41, 5.74) is 1.34. The van der Waals surface area contributed by atoms with Gasteiger partial charge in [-0.05, 0) is 23.8 Å². The van der Waals surface area contributed by atoms with Crippen LogP contribution in [-0.2, 0) is 13.5 Å². The summed E-state index contributed by atoms with van der Waals surface area (Å²) >= 11 is 0. The molecule has 0 bridgehead atoms. The molecular formula is C14H16N2O3. The molecule has 0 aliphatic heterocycles. The van der Waals surface area contributed by atoms with Crippen LogP contribution in [0, 0.1) is 0 Å². The quantitative estimate of drug-likeness (QED) is 0.770. The first-order valence-electron chi connectivity index (χ1n) is 5.88. The second-order valence-corrected chi connectivity index (χ2v) is 4.16. The van der Waals surface area contributed by atoms with Crippen LogP contribution < -0.4 is 9.47 Å². The lowest BCUT2D eigenvalue weighted by atomic mass is 10.1. The Morgan fingerprint density at radius 1 is 1.21 bits per heavy atom. The highest BCUT2D eigenvalue weighted by Crippen LogP contribution is 2.27. The van der Waals surface area contributed by atoms with E-state index in [1.165, 1.54) is 0 Å². The summed E-state index contributed by atoms with van der Waals surface area (Å²) in [5, 5.41) is 4.09. The Kier molecular flexibility index (Phi) is 3.85. The van der Waals surface area contributed by atoms with Gasteiger partial charge in [0.25, 0.3) is 0 Å². The topological polar surface area (TPSA) is 53.4 Å². The van der Waals surface area contributed by atoms with Gasteiger partial charge in [0.2, 0.25) is 0 Å². The summed E-state index contributed by atoms with van der Waals surface area (Å²) in [6.45, 7) is 0. The van der Waals surface area contributed by atoms with Crippen molar-refractivity contribution in [3.63, 3.8) is 0 Å². The third kappa shape index (κ3) is 2.93. The Hall–Kier alpha value is -2.30. The first kappa shape index (κ1) is 13.1. The van der Waals surface area contributed by atoms with E-state index in [9.17, 15) is 4.79 Å². The number of benzene rings is 1. The van der Waals surface area contributed by atoms with E-state index in [1.54, 1.807) is 50.3 Å². The van der Waals surface area contributed by atoms with Gasteiger partial charge >= 0.3 is 0 Å². The third-order valence-corrected chi connectivity index (χ3v) is 2.81. The summed E-state index contributed by atoms with van der Waals surface area (Å²) in [7, 11) is 4.94. The Balaban J connectivity index is 2.17. The SMILES string of the molecule is COc1ccc(CC(=O)c2ccn(C)n2)cc1OC. The molecule has 1 heterocycles. The molecule has 100 valence electrons. The van der Waals surface area contributed by atoms with Crippen molar-refractivity contribution in [3.05, 3.63) is 41.7 Å². The molecular weight excluding hydrogens is 244 g/mol. The minimum atomic E-state index is -0.0205. The molecule has 0 unspecified atom stereocenters. The van der Waals surface area contributed by atoms with Crippen molar-refractivity contribution in [2.75, 3.05) is 14.2 Å². The van der Waals surface area contributed by atoms with Crippen molar-refractivity contribution >= 4 is 5.78 Å². The molecule has 0 atom stereocenters. The highest BCUT2D eigenvalue weighted by atomic mass is 16.5. The Morgan fingerprint density at radius 3 is 2.53 bits per heavy atom. The van der Waals surface area contributed by atoms with E-state index in [4.69, 9.17) is 9.47 Å². The maximum absolute atomic E-state index is 12.0. The van der Waals surface area contributed by atoms with Crippen molar-refractivity contribution < 1.29 is 14.3 Å². The molecule has 0 radical (unpaired) electrons. The van der Waals surface area contributed by atoms with Crippen LogP contribution in [0.25, 0.3) is 0 Å². The second kappa shape index (κ2) is 5.56. The van der Waals surface area contributed by atoms with Crippen molar-refractivity contribution in [2.24, 2.45) is 7.05 Å². The van der Waals surface area contributed by atoms with E-state index >= 15 is 0 Å². The lowest BCUT2D eigenvalue weighted by molar-refractivity contribution is 0.0987. The number of aromatic nitrogens is 2. The fourth-order valence-electron chi connectivity index (χ4n) is 1.83. The van der Waals surface area contributed by atoms with Crippen LogP contribution in [0.15, 0.2) is 30.5 Å². The van der Waals surface area contributed by atoms with Gasteiger partial charge in [0.05, 0.1) is 14.2 Å². The number of Topliss-reactive ketones (excluding diaryl/α,β-unsaturated/α-hetero) is 1.